The summed E-state index contributed by atoms with van der Waals surface area (Å²) in [4.78, 5) is 17.9. The van der Waals surface area contributed by atoms with Crippen molar-refractivity contribution >= 4 is 17.5 Å². The maximum absolute atomic E-state index is 10.6. The smallest absolute Gasteiger partial charge is 0.329 e. The molecule has 8 nitrogen and oxygen atoms in total. The number of anilines is 2. The molecular formula is C13H18N6O2. The van der Waals surface area contributed by atoms with Gasteiger partial charge in [0.25, 0.3) is 0 Å². The third-order valence-electron chi connectivity index (χ3n) is 3.25. The van der Waals surface area contributed by atoms with E-state index in [4.69, 9.17) is 5.73 Å². The maximum atomic E-state index is 10.6. The van der Waals surface area contributed by atoms with Crippen molar-refractivity contribution in [3.8, 4) is 0 Å². The minimum atomic E-state index is -0.599. The Labute approximate surface area is 122 Å². The van der Waals surface area contributed by atoms with Crippen molar-refractivity contribution in [1.82, 2.24) is 14.5 Å². The number of rotatable bonds is 6. The van der Waals surface area contributed by atoms with Crippen LogP contribution in [0.1, 0.15) is 19.0 Å². The predicted molar refractivity (Wildman–Crippen MR) is 79.9 cm³/mol. The van der Waals surface area contributed by atoms with Crippen molar-refractivity contribution in [1.29, 1.82) is 0 Å². The summed E-state index contributed by atoms with van der Waals surface area (Å²) in [6.45, 7) is 2.00. The molecule has 2 rings (SSSR count). The van der Waals surface area contributed by atoms with Crippen molar-refractivity contribution in [2.75, 3.05) is 11.1 Å². The molecule has 0 aliphatic heterocycles. The molecule has 3 N–H and O–H groups in total. The highest BCUT2D eigenvalue weighted by Gasteiger charge is 2.15. The maximum Gasteiger partial charge on any atom is 0.329 e. The Balaban J connectivity index is 1.93. The monoisotopic (exact) mass is 290 g/mol. The zero-order valence-corrected chi connectivity index (χ0v) is 12.0. The van der Waals surface area contributed by atoms with Crippen molar-refractivity contribution in [2.24, 2.45) is 7.05 Å². The summed E-state index contributed by atoms with van der Waals surface area (Å²) in [7, 11) is 2.01. The molecule has 1 unspecified atom stereocenters. The van der Waals surface area contributed by atoms with Gasteiger partial charge in [-0.2, -0.15) is 4.98 Å². The summed E-state index contributed by atoms with van der Waals surface area (Å²) in [6.07, 6.45) is 4.93. The first-order valence-corrected chi connectivity index (χ1v) is 6.61. The second kappa shape index (κ2) is 6.21. The van der Waals surface area contributed by atoms with Crippen LogP contribution in [0.15, 0.2) is 24.5 Å². The zero-order chi connectivity index (χ0) is 15.4. The number of nitrogens with zero attached hydrogens (tertiary/aromatic N) is 4. The fourth-order valence-electron chi connectivity index (χ4n) is 2.01. The minimum Gasteiger partial charge on any atom is -0.378 e. The van der Waals surface area contributed by atoms with Gasteiger partial charge < -0.3 is 15.6 Å². The Kier molecular flexibility index (Phi) is 4.36. The van der Waals surface area contributed by atoms with Gasteiger partial charge >= 0.3 is 5.69 Å². The highest BCUT2D eigenvalue weighted by atomic mass is 16.6. The van der Waals surface area contributed by atoms with E-state index in [9.17, 15) is 10.1 Å². The Hall–Kier alpha value is -2.64. The molecule has 0 spiro atoms. The highest BCUT2D eigenvalue weighted by molar-refractivity contribution is 5.53. The molecule has 1 atom stereocenters. The quantitative estimate of drug-likeness (QED) is 0.619. The molecule has 2 aromatic rings. The molecule has 21 heavy (non-hydrogen) atoms. The molecule has 0 bridgehead atoms. The van der Waals surface area contributed by atoms with Crippen molar-refractivity contribution in [3.05, 3.63) is 40.3 Å². The lowest BCUT2D eigenvalue weighted by molar-refractivity contribution is -0.384. The summed E-state index contributed by atoms with van der Waals surface area (Å²) >= 11 is 0. The first-order chi connectivity index (χ1) is 9.97. The SMILES string of the molecule is CC(CCc1cccn1C)Nc1ncc([N+](=O)[O-])c(N)n1. The second-order valence-electron chi connectivity index (χ2n) is 4.92. The van der Waals surface area contributed by atoms with Gasteiger partial charge in [-0.15, -0.1) is 0 Å². The third kappa shape index (κ3) is 3.68. The number of aromatic nitrogens is 3. The number of hydrogen-bond donors (Lipinski definition) is 2. The summed E-state index contributed by atoms with van der Waals surface area (Å²) in [5.74, 6) is 0.171. The van der Waals surface area contributed by atoms with Crippen LogP contribution >= 0.6 is 0 Å². The van der Waals surface area contributed by atoms with Crippen LogP contribution in [-0.4, -0.2) is 25.5 Å². The van der Waals surface area contributed by atoms with E-state index < -0.39 is 4.92 Å². The summed E-state index contributed by atoms with van der Waals surface area (Å²) < 4.78 is 2.08. The van der Waals surface area contributed by atoms with Gasteiger partial charge in [0.2, 0.25) is 11.8 Å². The molecule has 0 aliphatic rings. The van der Waals surface area contributed by atoms with Crippen LogP contribution in [-0.2, 0) is 13.5 Å². The van der Waals surface area contributed by atoms with E-state index >= 15 is 0 Å². The molecule has 0 saturated carbocycles. The van der Waals surface area contributed by atoms with E-state index in [0.29, 0.717) is 5.95 Å². The fraction of sp³-hybridized carbons (Fsp3) is 0.385. The van der Waals surface area contributed by atoms with E-state index in [0.717, 1.165) is 19.0 Å². The van der Waals surface area contributed by atoms with E-state index in [1.807, 2.05) is 26.2 Å². The van der Waals surface area contributed by atoms with Gasteiger partial charge in [-0.1, -0.05) is 0 Å². The average Bonchev–Trinajstić information content (AvgIpc) is 2.81. The number of hydrogen-bond acceptors (Lipinski definition) is 6. The molecule has 2 aromatic heterocycles. The molecule has 2 heterocycles. The van der Waals surface area contributed by atoms with Crippen LogP contribution in [0.2, 0.25) is 0 Å². The fourth-order valence-corrected chi connectivity index (χ4v) is 2.01. The van der Waals surface area contributed by atoms with Gasteiger partial charge in [0.15, 0.2) is 0 Å². The lowest BCUT2D eigenvalue weighted by Crippen LogP contribution is -2.19. The first kappa shape index (κ1) is 14.8. The molecule has 0 aliphatic carbocycles. The number of aryl methyl sites for hydroxylation is 2. The first-order valence-electron chi connectivity index (χ1n) is 6.61. The van der Waals surface area contributed by atoms with Gasteiger partial charge in [0.1, 0.15) is 6.20 Å². The van der Waals surface area contributed by atoms with Gasteiger partial charge in [-0.05, 0) is 31.9 Å². The highest BCUT2D eigenvalue weighted by Crippen LogP contribution is 2.19. The van der Waals surface area contributed by atoms with Crippen LogP contribution in [0, 0.1) is 10.1 Å². The van der Waals surface area contributed by atoms with Crippen LogP contribution in [0.3, 0.4) is 0 Å². The second-order valence-corrected chi connectivity index (χ2v) is 4.92. The topological polar surface area (TPSA) is 112 Å². The van der Waals surface area contributed by atoms with Gasteiger partial charge in [0.05, 0.1) is 4.92 Å². The Morgan fingerprint density at radius 1 is 1.57 bits per heavy atom. The Morgan fingerprint density at radius 3 is 2.90 bits per heavy atom. The third-order valence-corrected chi connectivity index (χ3v) is 3.25. The molecule has 0 fully saturated rings. The van der Waals surface area contributed by atoms with E-state index in [-0.39, 0.29) is 17.5 Å². The predicted octanol–water partition coefficient (Wildman–Crippen LogP) is 1.74. The molecule has 0 radical (unpaired) electrons. The van der Waals surface area contributed by atoms with Crippen molar-refractivity contribution in [2.45, 2.75) is 25.8 Å². The van der Waals surface area contributed by atoms with Crippen LogP contribution in [0.25, 0.3) is 0 Å². The molecule has 0 saturated heterocycles. The lowest BCUT2D eigenvalue weighted by atomic mass is 10.1. The van der Waals surface area contributed by atoms with Crippen LogP contribution < -0.4 is 11.1 Å². The Bertz CT molecular complexity index is 639. The molecule has 112 valence electrons. The van der Waals surface area contributed by atoms with E-state index in [2.05, 4.69) is 25.9 Å². The van der Waals surface area contributed by atoms with E-state index in [1.165, 1.54) is 5.69 Å². The van der Waals surface area contributed by atoms with E-state index in [1.54, 1.807) is 0 Å². The Morgan fingerprint density at radius 2 is 2.33 bits per heavy atom. The minimum absolute atomic E-state index is 0.126. The van der Waals surface area contributed by atoms with Crippen molar-refractivity contribution < 1.29 is 4.92 Å². The van der Waals surface area contributed by atoms with Crippen LogP contribution in [0.4, 0.5) is 17.5 Å². The molecule has 0 amide bonds. The van der Waals surface area contributed by atoms with Gasteiger partial charge in [-0.25, -0.2) is 4.98 Å². The van der Waals surface area contributed by atoms with Gasteiger partial charge in [-0.3, -0.25) is 10.1 Å². The molecular weight excluding hydrogens is 272 g/mol. The number of nitrogens with two attached hydrogens (primary N) is 1. The number of nitro groups is 1. The summed E-state index contributed by atoms with van der Waals surface area (Å²) in [6, 6.07) is 4.21. The van der Waals surface area contributed by atoms with Gasteiger partial charge in [0, 0.05) is 25.0 Å². The summed E-state index contributed by atoms with van der Waals surface area (Å²) in [5.41, 5.74) is 6.50. The molecule has 0 aromatic carbocycles. The van der Waals surface area contributed by atoms with Crippen LogP contribution in [0.5, 0.6) is 0 Å². The standard InChI is InChI=1S/C13H18N6O2/c1-9(5-6-10-4-3-7-18(10)2)16-13-15-8-11(19(20)21)12(14)17-13/h3-4,7-9H,5-6H2,1-2H3,(H3,14,15,16,17). The average molecular weight is 290 g/mol. The lowest BCUT2D eigenvalue weighted by Gasteiger charge is -2.14. The summed E-state index contributed by atoms with van der Waals surface area (Å²) in [5, 5.41) is 13.7. The number of nitrogens with one attached hydrogen (secondary N) is 1. The molecule has 8 heteroatoms. The normalized spacial score (nSPS) is 12.1. The largest absolute Gasteiger partial charge is 0.378 e. The zero-order valence-electron chi connectivity index (χ0n) is 12.0. The number of nitrogen functional groups attached to an aromatic ring is 1. The van der Waals surface area contributed by atoms with Crippen molar-refractivity contribution in [3.63, 3.8) is 0 Å².